The Kier molecular flexibility index (Phi) is 6.91. The molecule has 2 N–H and O–H groups in total. The van der Waals surface area contributed by atoms with Gasteiger partial charge in [-0.3, -0.25) is 4.99 Å². The van der Waals surface area contributed by atoms with E-state index >= 15 is 0 Å². The summed E-state index contributed by atoms with van der Waals surface area (Å²) in [5.41, 5.74) is 6.45. The molecule has 0 aromatic rings. The van der Waals surface area contributed by atoms with E-state index in [1.165, 1.54) is 44.9 Å². The third-order valence-electron chi connectivity index (χ3n) is 4.79. The zero-order valence-electron chi connectivity index (χ0n) is 12.5. The lowest BCUT2D eigenvalue weighted by Crippen LogP contribution is -2.41. The maximum absolute atomic E-state index is 6.13. The van der Waals surface area contributed by atoms with E-state index in [9.17, 15) is 0 Å². The molecule has 1 aliphatic carbocycles. The molecule has 2 fully saturated rings. The Hall–Kier alpha value is 0. The quantitative estimate of drug-likeness (QED) is 0.462. The van der Waals surface area contributed by atoms with Crippen LogP contribution in [0.15, 0.2) is 4.99 Å². The summed E-state index contributed by atoms with van der Waals surface area (Å²) in [6, 6.07) is 0. The molecule has 4 heteroatoms. The zero-order valence-corrected chi connectivity index (χ0v) is 14.9. The third kappa shape index (κ3) is 4.80. The number of piperidine rings is 1. The standard InChI is InChI=1S/C15H29N3.HI/c1-15(2,13-8-4-5-9-13)12-17-14(16)18-10-6-3-7-11-18;/h13H,3-12H2,1-2H3,(H2,16,17);1H. The van der Waals surface area contributed by atoms with Crippen molar-refractivity contribution >= 4 is 29.9 Å². The first-order valence-electron chi connectivity index (χ1n) is 7.64. The van der Waals surface area contributed by atoms with Crippen LogP contribution >= 0.6 is 24.0 Å². The number of nitrogens with zero attached hydrogens (tertiary/aromatic N) is 2. The molecule has 2 aliphatic rings. The molecule has 0 spiro atoms. The first-order chi connectivity index (χ1) is 8.59. The van der Waals surface area contributed by atoms with Crippen LogP contribution in [0.25, 0.3) is 0 Å². The largest absolute Gasteiger partial charge is 0.370 e. The van der Waals surface area contributed by atoms with Crippen LogP contribution in [0.4, 0.5) is 0 Å². The summed E-state index contributed by atoms with van der Waals surface area (Å²) in [6.45, 7) is 7.80. The van der Waals surface area contributed by atoms with E-state index in [2.05, 4.69) is 23.7 Å². The van der Waals surface area contributed by atoms with E-state index < -0.39 is 0 Å². The fourth-order valence-electron chi connectivity index (χ4n) is 3.34. The highest BCUT2D eigenvalue weighted by Gasteiger charge is 2.31. The summed E-state index contributed by atoms with van der Waals surface area (Å²) in [5, 5.41) is 0. The van der Waals surface area contributed by atoms with E-state index in [1.807, 2.05) is 0 Å². The van der Waals surface area contributed by atoms with Crippen LogP contribution in [0.3, 0.4) is 0 Å². The van der Waals surface area contributed by atoms with Crippen LogP contribution in [0, 0.1) is 11.3 Å². The molecule has 0 unspecified atom stereocenters. The molecule has 2 rings (SSSR count). The van der Waals surface area contributed by atoms with Gasteiger partial charge < -0.3 is 10.6 Å². The second kappa shape index (κ2) is 7.70. The predicted octanol–water partition coefficient (Wildman–Crippen LogP) is 3.62. The third-order valence-corrected chi connectivity index (χ3v) is 4.79. The van der Waals surface area contributed by atoms with Crippen LogP contribution in [-0.4, -0.2) is 30.5 Å². The van der Waals surface area contributed by atoms with Gasteiger partial charge in [0.15, 0.2) is 5.96 Å². The maximum atomic E-state index is 6.13. The van der Waals surface area contributed by atoms with Gasteiger partial charge in [0.2, 0.25) is 0 Å². The lowest BCUT2D eigenvalue weighted by molar-refractivity contribution is 0.226. The number of halogens is 1. The number of likely N-dealkylation sites (tertiary alicyclic amines) is 1. The molecule has 0 atom stereocenters. The molecule has 0 bridgehead atoms. The van der Waals surface area contributed by atoms with Crippen LogP contribution in [-0.2, 0) is 0 Å². The smallest absolute Gasteiger partial charge is 0.191 e. The topological polar surface area (TPSA) is 41.6 Å². The minimum absolute atomic E-state index is 0. The highest BCUT2D eigenvalue weighted by molar-refractivity contribution is 14.0. The Morgan fingerprint density at radius 2 is 1.68 bits per heavy atom. The molecule has 0 radical (unpaired) electrons. The van der Waals surface area contributed by atoms with Crippen molar-refractivity contribution in [2.75, 3.05) is 19.6 Å². The van der Waals surface area contributed by atoms with E-state index in [0.717, 1.165) is 31.5 Å². The summed E-state index contributed by atoms with van der Waals surface area (Å²) < 4.78 is 0. The number of hydrogen-bond acceptors (Lipinski definition) is 1. The highest BCUT2D eigenvalue weighted by Crippen LogP contribution is 2.39. The fourth-order valence-corrected chi connectivity index (χ4v) is 3.34. The second-order valence-electron chi connectivity index (χ2n) is 6.69. The van der Waals surface area contributed by atoms with Gasteiger partial charge in [0.05, 0.1) is 0 Å². The highest BCUT2D eigenvalue weighted by atomic mass is 127. The molecule has 0 aromatic carbocycles. The van der Waals surface area contributed by atoms with Crippen molar-refractivity contribution in [2.24, 2.45) is 22.1 Å². The average Bonchev–Trinajstić information content (AvgIpc) is 2.92. The van der Waals surface area contributed by atoms with Crippen molar-refractivity contribution in [1.82, 2.24) is 4.90 Å². The number of nitrogens with two attached hydrogens (primary N) is 1. The predicted molar refractivity (Wildman–Crippen MR) is 93.1 cm³/mol. The van der Waals surface area contributed by atoms with E-state index in [4.69, 9.17) is 5.73 Å². The van der Waals surface area contributed by atoms with Crippen LogP contribution in [0.1, 0.15) is 58.8 Å². The SMILES string of the molecule is CC(C)(CN=C(N)N1CCCCC1)C1CCCC1.I. The summed E-state index contributed by atoms with van der Waals surface area (Å²) in [5.74, 6) is 1.62. The van der Waals surface area contributed by atoms with Gasteiger partial charge in [-0.05, 0) is 43.4 Å². The Labute approximate surface area is 135 Å². The van der Waals surface area contributed by atoms with Gasteiger partial charge in [0.1, 0.15) is 0 Å². The molecular weight excluding hydrogens is 349 g/mol. The Bertz CT molecular complexity index is 290. The molecule has 112 valence electrons. The van der Waals surface area contributed by atoms with Crippen molar-refractivity contribution in [3.8, 4) is 0 Å². The molecule has 0 aromatic heterocycles. The number of guanidine groups is 1. The van der Waals surface area contributed by atoms with Crippen LogP contribution in [0.5, 0.6) is 0 Å². The zero-order chi connectivity index (χ0) is 13.0. The van der Waals surface area contributed by atoms with Crippen molar-refractivity contribution in [1.29, 1.82) is 0 Å². The summed E-state index contributed by atoms with van der Waals surface area (Å²) >= 11 is 0. The van der Waals surface area contributed by atoms with Crippen molar-refractivity contribution < 1.29 is 0 Å². The molecule has 1 saturated heterocycles. The maximum Gasteiger partial charge on any atom is 0.191 e. The van der Waals surface area contributed by atoms with Crippen molar-refractivity contribution in [3.63, 3.8) is 0 Å². The molecule has 1 aliphatic heterocycles. The minimum atomic E-state index is 0. The van der Waals surface area contributed by atoms with Gasteiger partial charge >= 0.3 is 0 Å². The van der Waals surface area contributed by atoms with Gasteiger partial charge in [-0.1, -0.05) is 26.7 Å². The molecule has 3 nitrogen and oxygen atoms in total. The second-order valence-corrected chi connectivity index (χ2v) is 6.69. The average molecular weight is 379 g/mol. The fraction of sp³-hybridized carbons (Fsp3) is 0.933. The minimum Gasteiger partial charge on any atom is -0.370 e. The first kappa shape index (κ1) is 17.1. The number of aliphatic imine (C=N–C) groups is 1. The lowest BCUT2D eigenvalue weighted by Gasteiger charge is -2.32. The van der Waals surface area contributed by atoms with E-state index in [0.29, 0.717) is 5.41 Å². The molecule has 19 heavy (non-hydrogen) atoms. The lowest BCUT2D eigenvalue weighted by atomic mass is 9.78. The van der Waals surface area contributed by atoms with Gasteiger partial charge in [-0.2, -0.15) is 0 Å². The molecule has 0 amide bonds. The monoisotopic (exact) mass is 379 g/mol. The molecular formula is C15H30IN3. The number of rotatable bonds is 3. The Morgan fingerprint density at radius 1 is 1.11 bits per heavy atom. The molecule has 1 heterocycles. The normalized spacial score (nSPS) is 22.4. The van der Waals surface area contributed by atoms with Gasteiger partial charge in [0, 0.05) is 19.6 Å². The summed E-state index contributed by atoms with van der Waals surface area (Å²) in [6.07, 6.45) is 9.44. The molecule has 1 saturated carbocycles. The van der Waals surface area contributed by atoms with Crippen LogP contribution < -0.4 is 5.73 Å². The number of hydrogen-bond donors (Lipinski definition) is 1. The van der Waals surface area contributed by atoms with Gasteiger partial charge in [0.25, 0.3) is 0 Å². The van der Waals surface area contributed by atoms with E-state index in [1.54, 1.807) is 0 Å². The van der Waals surface area contributed by atoms with Crippen LogP contribution in [0.2, 0.25) is 0 Å². The summed E-state index contributed by atoms with van der Waals surface area (Å²) in [7, 11) is 0. The summed E-state index contributed by atoms with van der Waals surface area (Å²) in [4.78, 5) is 6.94. The van der Waals surface area contributed by atoms with Gasteiger partial charge in [-0.15, -0.1) is 24.0 Å². The Balaban J connectivity index is 0.00000180. The first-order valence-corrected chi connectivity index (χ1v) is 7.64. The Morgan fingerprint density at radius 3 is 2.26 bits per heavy atom. The van der Waals surface area contributed by atoms with E-state index in [-0.39, 0.29) is 24.0 Å². The van der Waals surface area contributed by atoms with Crippen molar-refractivity contribution in [3.05, 3.63) is 0 Å². The van der Waals surface area contributed by atoms with Crippen molar-refractivity contribution in [2.45, 2.75) is 58.8 Å². The van der Waals surface area contributed by atoms with Gasteiger partial charge in [-0.25, -0.2) is 0 Å².